The van der Waals surface area contributed by atoms with Crippen molar-refractivity contribution in [2.75, 3.05) is 19.3 Å². The van der Waals surface area contributed by atoms with E-state index in [1.165, 1.54) is 0 Å². The zero-order valence-corrected chi connectivity index (χ0v) is 15.1. The second-order valence-electron chi connectivity index (χ2n) is 7.42. The van der Waals surface area contributed by atoms with Crippen molar-refractivity contribution in [1.29, 1.82) is 0 Å². The summed E-state index contributed by atoms with van der Waals surface area (Å²) in [5.41, 5.74) is -0.421. The predicted octanol–water partition coefficient (Wildman–Crippen LogP) is 3.10. The van der Waals surface area contributed by atoms with Gasteiger partial charge in [0.2, 0.25) is 0 Å². The number of carbonyl (C=O) groups excluding carboxylic acids is 1. The number of rotatable bonds is 5. The minimum atomic E-state index is -0.421. The molecule has 1 saturated heterocycles. The minimum absolute atomic E-state index is 0.184. The number of hydrogen-bond acceptors (Lipinski definition) is 5. The third-order valence-electron chi connectivity index (χ3n) is 4.36. The molecule has 0 radical (unpaired) electrons. The maximum Gasteiger partial charge on any atom is 0.410 e. The molecular formula is C17H26N2O3S. The highest BCUT2D eigenvalue weighted by molar-refractivity contribution is 7.97. The fourth-order valence-electron chi connectivity index (χ4n) is 3.26. The average Bonchev–Trinajstić information content (AvgIpc) is 2.82. The van der Waals surface area contributed by atoms with Gasteiger partial charge in [0.25, 0.3) is 0 Å². The van der Waals surface area contributed by atoms with Crippen LogP contribution in [0.3, 0.4) is 0 Å². The molecule has 1 aliphatic carbocycles. The summed E-state index contributed by atoms with van der Waals surface area (Å²) in [6.45, 7) is 8.07. The van der Waals surface area contributed by atoms with E-state index in [4.69, 9.17) is 9.15 Å². The van der Waals surface area contributed by atoms with E-state index in [0.717, 1.165) is 36.9 Å². The maximum absolute atomic E-state index is 12.0. The number of ether oxygens (including phenoxy) is 1. The Hall–Kier alpha value is -1.14. The monoisotopic (exact) mass is 338 g/mol. The maximum atomic E-state index is 12.0. The molecule has 1 aliphatic heterocycles. The van der Waals surface area contributed by atoms with E-state index < -0.39 is 5.60 Å². The number of fused-ring (bicyclic) bond motifs is 1. The lowest BCUT2D eigenvalue weighted by atomic mass is 10.2. The number of nitrogens with zero attached hydrogens (tertiary/aromatic N) is 1. The lowest BCUT2D eigenvalue weighted by Crippen LogP contribution is -2.39. The molecule has 1 aromatic rings. The first kappa shape index (κ1) is 16.7. The molecule has 23 heavy (non-hydrogen) atoms. The van der Waals surface area contributed by atoms with E-state index in [0.29, 0.717) is 17.9 Å². The van der Waals surface area contributed by atoms with Gasteiger partial charge in [-0.05, 0) is 51.0 Å². The number of carbonyl (C=O) groups is 1. The summed E-state index contributed by atoms with van der Waals surface area (Å²) in [7, 11) is 0. The van der Waals surface area contributed by atoms with Gasteiger partial charge in [-0.3, -0.25) is 0 Å². The Kier molecular flexibility index (Phi) is 4.65. The molecule has 128 valence electrons. The topological polar surface area (TPSA) is 54.7 Å². The molecule has 2 aliphatic rings. The summed E-state index contributed by atoms with van der Waals surface area (Å²) in [5.74, 6) is 4.05. The van der Waals surface area contributed by atoms with Crippen molar-refractivity contribution in [2.24, 2.45) is 11.8 Å². The summed E-state index contributed by atoms with van der Waals surface area (Å²) in [6.07, 6.45) is 1.89. The lowest BCUT2D eigenvalue weighted by Gasteiger charge is -2.26. The molecule has 2 fully saturated rings. The van der Waals surface area contributed by atoms with Crippen molar-refractivity contribution in [3.8, 4) is 0 Å². The third kappa shape index (κ3) is 4.04. The van der Waals surface area contributed by atoms with Crippen LogP contribution in [0.5, 0.6) is 0 Å². The van der Waals surface area contributed by atoms with Crippen molar-refractivity contribution in [2.45, 2.75) is 44.7 Å². The Morgan fingerprint density at radius 2 is 2.00 bits per heavy atom. The summed E-state index contributed by atoms with van der Waals surface area (Å²) in [4.78, 5) is 13.9. The van der Waals surface area contributed by atoms with E-state index in [1.807, 2.05) is 37.8 Å². The smallest absolute Gasteiger partial charge is 0.410 e. The van der Waals surface area contributed by atoms with Crippen LogP contribution in [0, 0.1) is 11.8 Å². The fourth-order valence-corrected chi connectivity index (χ4v) is 3.70. The molecule has 3 rings (SSSR count). The SMILES string of the molecule is CSCc1ccc(CNC2C3CN(C(=O)OC(C)(C)C)CC32)o1. The minimum Gasteiger partial charge on any atom is -0.464 e. The fraction of sp³-hybridized carbons (Fsp3) is 0.706. The summed E-state index contributed by atoms with van der Waals surface area (Å²) >= 11 is 1.76. The number of piperidine rings is 1. The molecule has 0 spiro atoms. The molecule has 1 N–H and O–H groups in total. The first-order chi connectivity index (χ1) is 10.9. The van der Waals surface area contributed by atoms with E-state index >= 15 is 0 Å². The highest BCUT2D eigenvalue weighted by atomic mass is 32.2. The molecule has 6 heteroatoms. The van der Waals surface area contributed by atoms with Gasteiger partial charge in [0, 0.05) is 19.1 Å². The van der Waals surface area contributed by atoms with Gasteiger partial charge in [0.05, 0.1) is 12.3 Å². The largest absolute Gasteiger partial charge is 0.464 e. The van der Waals surface area contributed by atoms with Crippen molar-refractivity contribution in [3.63, 3.8) is 0 Å². The number of amides is 1. The Bertz CT molecular complexity index is 554. The van der Waals surface area contributed by atoms with Gasteiger partial charge < -0.3 is 19.4 Å². The van der Waals surface area contributed by atoms with Gasteiger partial charge in [0.1, 0.15) is 17.1 Å². The normalized spacial score (nSPS) is 26.3. The van der Waals surface area contributed by atoms with Crippen molar-refractivity contribution < 1.29 is 13.9 Å². The van der Waals surface area contributed by atoms with E-state index in [1.54, 1.807) is 11.8 Å². The Labute approximate surface area is 142 Å². The van der Waals surface area contributed by atoms with Crippen LogP contribution in [0.15, 0.2) is 16.5 Å². The summed E-state index contributed by atoms with van der Waals surface area (Å²) in [5, 5.41) is 3.56. The molecular weight excluding hydrogens is 312 g/mol. The van der Waals surface area contributed by atoms with Crippen LogP contribution in [0.1, 0.15) is 32.3 Å². The van der Waals surface area contributed by atoms with Gasteiger partial charge in [-0.2, -0.15) is 11.8 Å². The molecule has 1 amide bonds. The molecule has 1 aromatic heterocycles. The lowest BCUT2D eigenvalue weighted by molar-refractivity contribution is 0.0269. The first-order valence-corrected chi connectivity index (χ1v) is 9.54. The van der Waals surface area contributed by atoms with Crippen LogP contribution in [0.25, 0.3) is 0 Å². The van der Waals surface area contributed by atoms with Crippen LogP contribution in [-0.2, 0) is 17.0 Å². The second-order valence-corrected chi connectivity index (χ2v) is 8.29. The van der Waals surface area contributed by atoms with Crippen LogP contribution in [0.2, 0.25) is 0 Å². The predicted molar refractivity (Wildman–Crippen MR) is 91.3 cm³/mol. The molecule has 2 unspecified atom stereocenters. The van der Waals surface area contributed by atoms with Crippen molar-refractivity contribution >= 4 is 17.9 Å². The van der Waals surface area contributed by atoms with E-state index in [9.17, 15) is 4.79 Å². The quantitative estimate of drug-likeness (QED) is 0.894. The van der Waals surface area contributed by atoms with Gasteiger partial charge in [0.15, 0.2) is 0 Å². The number of hydrogen-bond donors (Lipinski definition) is 1. The number of thioether (sulfide) groups is 1. The van der Waals surface area contributed by atoms with Gasteiger partial charge >= 0.3 is 6.09 Å². The van der Waals surface area contributed by atoms with Crippen LogP contribution in [-0.4, -0.2) is 42.0 Å². The van der Waals surface area contributed by atoms with Crippen LogP contribution < -0.4 is 5.32 Å². The Morgan fingerprint density at radius 1 is 1.35 bits per heavy atom. The molecule has 0 bridgehead atoms. The number of likely N-dealkylation sites (tertiary alicyclic amines) is 1. The standard InChI is InChI=1S/C17H26N2O3S/c1-17(2,3)22-16(20)19-8-13-14(9-19)15(13)18-7-11-5-6-12(21-11)10-23-4/h5-6,13-15,18H,7-10H2,1-4H3. The number of furan rings is 1. The molecule has 1 saturated carbocycles. The highest BCUT2D eigenvalue weighted by Gasteiger charge is 2.56. The zero-order chi connectivity index (χ0) is 16.6. The van der Waals surface area contributed by atoms with Crippen LogP contribution >= 0.6 is 11.8 Å². The summed E-state index contributed by atoms with van der Waals surface area (Å²) in [6, 6.07) is 4.60. The van der Waals surface area contributed by atoms with Gasteiger partial charge in [-0.25, -0.2) is 4.79 Å². The Morgan fingerprint density at radius 3 is 2.61 bits per heavy atom. The van der Waals surface area contributed by atoms with E-state index in [2.05, 4.69) is 11.6 Å². The van der Waals surface area contributed by atoms with Crippen molar-refractivity contribution in [1.82, 2.24) is 10.2 Å². The van der Waals surface area contributed by atoms with E-state index in [-0.39, 0.29) is 6.09 Å². The molecule has 2 heterocycles. The summed E-state index contributed by atoms with van der Waals surface area (Å²) < 4.78 is 11.2. The first-order valence-electron chi connectivity index (χ1n) is 8.15. The van der Waals surface area contributed by atoms with Crippen LogP contribution in [0.4, 0.5) is 4.79 Å². The molecule has 5 nitrogen and oxygen atoms in total. The molecule has 2 atom stereocenters. The van der Waals surface area contributed by atoms with Gasteiger partial charge in [-0.15, -0.1) is 0 Å². The Balaban J connectivity index is 1.41. The average molecular weight is 338 g/mol. The highest BCUT2D eigenvalue weighted by Crippen LogP contribution is 2.45. The van der Waals surface area contributed by atoms with Gasteiger partial charge in [-0.1, -0.05) is 0 Å². The molecule has 0 aromatic carbocycles. The second kappa shape index (κ2) is 6.40. The zero-order valence-electron chi connectivity index (χ0n) is 14.3. The third-order valence-corrected chi connectivity index (χ3v) is 4.93. The van der Waals surface area contributed by atoms with Crippen molar-refractivity contribution in [3.05, 3.63) is 23.7 Å². The number of nitrogens with one attached hydrogen (secondary N) is 1.